The van der Waals surface area contributed by atoms with Crippen LogP contribution in [0.1, 0.15) is 49.4 Å². The second-order valence-corrected chi connectivity index (χ2v) is 11.7. The molecule has 0 aliphatic heterocycles. The quantitative estimate of drug-likeness (QED) is 0.282. The molecule has 3 aromatic rings. The zero-order valence-corrected chi connectivity index (χ0v) is 21.9. The summed E-state index contributed by atoms with van der Waals surface area (Å²) in [6.07, 6.45) is 4.94. The Hall–Kier alpha value is -2.44. The number of aliphatic hydroxyl groups is 3. The maximum atomic E-state index is 10.7. The third kappa shape index (κ3) is 4.79. The zero-order valence-electron chi connectivity index (χ0n) is 21.1. The average molecular weight is 527 g/mol. The van der Waals surface area contributed by atoms with Crippen molar-refractivity contribution in [1.82, 2.24) is 19.9 Å². The maximum Gasteiger partial charge on any atom is 0.224 e. The molecule has 37 heavy (non-hydrogen) atoms. The van der Waals surface area contributed by atoms with Gasteiger partial charge in [-0.3, -0.25) is 4.98 Å². The fraction of sp³-hybridized carbons (Fsp3) is 0.615. The summed E-state index contributed by atoms with van der Waals surface area (Å²) in [5.41, 5.74) is 3.55. The minimum atomic E-state index is -1.02. The molecule has 3 heterocycles. The molecule has 5 N–H and O–H groups in total. The molecule has 3 aliphatic carbocycles. The van der Waals surface area contributed by atoms with Crippen molar-refractivity contribution in [3.63, 3.8) is 0 Å². The normalized spacial score (nSPS) is 29.4. The number of hydrogen-bond acceptors (Lipinski definition) is 11. The molecular weight excluding hydrogens is 492 g/mol. The summed E-state index contributed by atoms with van der Waals surface area (Å²) in [5.74, 6) is 1.68. The first-order chi connectivity index (χ1) is 17.9. The number of fused-ring (bicyclic) bond motifs is 1. The first kappa shape index (κ1) is 24.9. The largest absolute Gasteiger partial charge is 0.396 e. The van der Waals surface area contributed by atoms with Crippen LogP contribution in [0.4, 0.5) is 11.8 Å². The van der Waals surface area contributed by atoms with E-state index in [1.54, 1.807) is 18.4 Å². The van der Waals surface area contributed by atoms with E-state index in [1.807, 2.05) is 19.2 Å². The maximum absolute atomic E-state index is 10.7. The van der Waals surface area contributed by atoms with Gasteiger partial charge in [-0.15, -0.1) is 11.3 Å². The van der Waals surface area contributed by atoms with Crippen LogP contribution in [-0.4, -0.2) is 79.9 Å². The Labute approximate surface area is 219 Å². The van der Waals surface area contributed by atoms with Gasteiger partial charge >= 0.3 is 0 Å². The van der Waals surface area contributed by atoms with Crippen LogP contribution in [0, 0.1) is 18.8 Å². The molecule has 198 valence electrons. The van der Waals surface area contributed by atoms with Gasteiger partial charge in [-0.05, 0) is 51.0 Å². The number of nitrogens with zero attached hydrogens (tertiary/aromatic N) is 4. The van der Waals surface area contributed by atoms with Gasteiger partial charge in [-0.2, -0.15) is 4.98 Å². The number of hydrogen-bond donors (Lipinski definition) is 5. The number of anilines is 2. The topological polar surface area (TPSA) is 146 Å². The second-order valence-electron chi connectivity index (χ2n) is 10.7. The molecule has 3 aliphatic rings. The van der Waals surface area contributed by atoms with Crippen molar-refractivity contribution in [3.05, 3.63) is 23.7 Å². The number of aryl methyl sites for hydroxylation is 1. The molecule has 3 aromatic heterocycles. The van der Waals surface area contributed by atoms with Crippen molar-refractivity contribution < 1.29 is 20.1 Å². The summed E-state index contributed by atoms with van der Waals surface area (Å²) < 4.78 is 6.47. The van der Waals surface area contributed by atoms with Crippen molar-refractivity contribution in [2.45, 2.75) is 69.3 Å². The summed E-state index contributed by atoms with van der Waals surface area (Å²) in [6.45, 7) is 2.52. The van der Waals surface area contributed by atoms with Crippen LogP contribution < -0.4 is 10.6 Å². The number of aromatic nitrogens is 4. The Morgan fingerprint density at radius 1 is 1.11 bits per heavy atom. The van der Waals surface area contributed by atoms with Crippen LogP contribution in [0.3, 0.4) is 0 Å². The fourth-order valence-corrected chi connectivity index (χ4v) is 6.61. The molecule has 0 bridgehead atoms. The summed E-state index contributed by atoms with van der Waals surface area (Å²) >= 11 is 1.58. The average Bonchev–Trinajstić information content (AvgIpc) is 3.56. The first-order valence-electron chi connectivity index (χ1n) is 13.1. The van der Waals surface area contributed by atoms with Gasteiger partial charge < -0.3 is 30.7 Å². The molecule has 6 rings (SSSR count). The number of methoxy groups -OCH3 is 1. The third-order valence-electron chi connectivity index (χ3n) is 8.04. The summed E-state index contributed by atoms with van der Waals surface area (Å²) in [6, 6.07) is 1.54. The van der Waals surface area contributed by atoms with Gasteiger partial charge in [0.1, 0.15) is 22.4 Å². The molecule has 4 atom stereocenters. The van der Waals surface area contributed by atoms with Crippen LogP contribution in [0.5, 0.6) is 0 Å². The SMILES string of the molecule is CO[C@H]1C[C@H](CNc2nc(C)c(-c3nc4c(C5CC5)nccc4s3)c(N[C@@H]3C[C@H](CO)[C@@H](O)[C@H]3O)n2)C1. The van der Waals surface area contributed by atoms with E-state index in [2.05, 4.69) is 15.6 Å². The standard InChI is InChI=1S/C26H34N6O4S/c1-12-19(25-31-21-18(37-25)5-6-27-20(21)14-3-4-14)24(30-17-9-15(11-33)22(34)23(17)35)32-26(29-12)28-10-13-7-16(8-13)36-2/h5-6,13-17,22-23,33-35H,3-4,7-11H2,1-2H3,(H2,28,29,30,32)/t13-,15-,16-,17-,22-,23+/m1/s1. The highest BCUT2D eigenvalue weighted by molar-refractivity contribution is 7.21. The van der Waals surface area contributed by atoms with E-state index in [9.17, 15) is 15.3 Å². The van der Waals surface area contributed by atoms with E-state index in [1.165, 1.54) is 0 Å². The number of nitrogens with one attached hydrogen (secondary N) is 2. The Balaban J connectivity index is 1.34. The smallest absolute Gasteiger partial charge is 0.224 e. The lowest BCUT2D eigenvalue weighted by Gasteiger charge is -2.34. The minimum absolute atomic E-state index is 0.183. The lowest BCUT2D eigenvalue weighted by Crippen LogP contribution is -2.36. The van der Waals surface area contributed by atoms with Crippen molar-refractivity contribution in [2.75, 3.05) is 30.9 Å². The van der Waals surface area contributed by atoms with E-state index in [0.717, 1.165) is 64.4 Å². The molecule has 0 aromatic carbocycles. The Bertz CT molecular complexity index is 1280. The van der Waals surface area contributed by atoms with E-state index < -0.39 is 24.2 Å². The van der Waals surface area contributed by atoms with Gasteiger partial charge in [0, 0.05) is 38.3 Å². The van der Waals surface area contributed by atoms with Crippen molar-refractivity contribution >= 4 is 33.3 Å². The number of aliphatic hydroxyl groups excluding tert-OH is 3. The second kappa shape index (κ2) is 10.0. The highest BCUT2D eigenvalue weighted by atomic mass is 32.1. The van der Waals surface area contributed by atoms with Gasteiger partial charge in [-0.1, -0.05) is 0 Å². The molecule has 10 nitrogen and oxygen atoms in total. The minimum Gasteiger partial charge on any atom is -0.396 e. The third-order valence-corrected chi connectivity index (χ3v) is 9.07. The lowest BCUT2D eigenvalue weighted by atomic mass is 9.82. The summed E-state index contributed by atoms with van der Waals surface area (Å²) in [4.78, 5) is 19.2. The van der Waals surface area contributed by atoms with Crippen LogP contribution in [0.2, 0.25) is 0 Å². The molecule has 0 spiro atoms. The predicted octanol–water partition coefficient (Wildman–Crippen LogP) is 2.69. The van der Waals surface area contributed by atoms with E-state index in [0.29, 0.717) is 36.1 Å². The molecule has 3 saturated carbocycles. The molecular formula is C26H34N6O4S. The number of rotatable bonds is 9. The Morgan fingerprint density at radius 2 is 1.92 bits per heavy atom. The Morgan fingerprint density at radius 3 is 2.62 bits per heavy atom. The fourth-order valence-electron chi connectivity index (χ4n) is 5.54. The van der Waals surface area contributed by atoms with Gasteiger partial charge in [0.25, 0.3) is 0 Å². The predicted molar refractivity (Wildman–Crippen MR) is 142 cm³/mol. The van der Waals surface area contributed by atoms with E-state index in [-0.39, 0.29) is 6.61 Å². The highest BCUT2D eigenvalue weighted by Crippen LogP contribution is 2.44. The van der Waals surface area contributed by atoms with E-state index in [4.69, 9.17) is 19.7 Å². The molecule has 3 fully saturated rings. The molecule has 0 radical (unpaired) electrons. The highest BCUT2D eigenvalue weighted by Gasteiger charge is 2.42. The Kier molecular flexibility index (Phi) is 6.74. The van der Waals surface area contributed by atoms with Crippen LogP contribution in [0.25, 0.3) is 20.8 Å². The molecule has 0 saturated heterocycles. The molecule has 11 heteroatoms. The lowest BCUT2D eigenvalue weighted by molar-refractivity contribution is 0.00444. The van der Waals surface area contributed by atoms with Crippen molar-refractivity contribution in [1.29, 1.82) is 0 Å². The van der Waals surface area contributed by atoms with Gasteiger partial charge in [0.05, 0.1) is 39.9 Å². The first-order valence-corrected chi connectivity index (χ1v) is 13.9. The van der Waals surface area contributed by atoms with Crippen molar-refractivity contribution in [2.24, 2.45) is 11.8 Å². The van der Waals surface area contributed by atoms with Crippen LogP contribution in [-0.2, 0) is 4.74 Å². The van der Waals surface area contributed by atoms with Gasteiger partial charge in [0.2, 0.25) is 5.95 Å². The molecule has 0 unspecified atom stereocenters. The summed E-state index contributed by atoms with van der Waals surface area (Å²) in [7, 11) is 1.75. The monoisotopic (exact) mass is 526 g/mol. The summed E-state index contributed by atoms with van der Waals surface area (Å²) in [5, 5.41) is 38.3. The van der Waals surface area contributed by atoms with E-state index >= 15 is 0 Å². The van der Waals surface area contributed by atoms with Gasteiger partial charge in [-0.25, -0.2) is 9.97 Å². The van der Waals surface area contributed by atoms with Crippen LogP contribution >= 0.6 is 11.3 Å². The number of pyridine rings is 1. The zero-order chi connectivity index (χ0) is 25.7. The number of ether oxygens (including phenoxy) is 1. The molecule has 0 amide bonds. The van der Waals surface area contributed by atoms with Crippen molar-refractivity contribution in [3.8, 4) is 10.6 Å². The number of thiazole rings is 1. The van der Waals surface area contributed by atoms with Crippen LogP contribution in [0.15, 0.2) is 12.3 Å². The van der Waals surface area contributed by atoms with Gasteiger partial charge in [0.15, 0.2) is 0 Å².